The van der Waals surface area contributed by atoms with Crippen molar-refractivity contribution in [3.63, 3.8) is 0 Å². The smallest absolute Gasteiger partial charge is 0.295 e. The van der Waals surface area contributed by atoms with Crippen LogP contribution in [0.4, 0.5) is 0 Å². The van der Waals surface area contributed by atoms with Crippen molar-refractivity contribution in [2.45, 2.75) is 18.9 Å². The highest BCUT2D eigenvalue weighted by Crippen LogP contribution is 2.46. The van der Waals surface area contributed by atoms with Gasteiger partial charge in [-0.05, 0) is 61.8 Å². The number of aliphatic hydroxyl groups is 1. The molecule has 196 valence electrons. The van der Waals surface area contributed by atoms with Crippen LogP contribution in [0.5, 0.6) is 28.7 Å². The number of hydrogen-bond donors (Lipinski definition) is 1. The van der Waals surface area contributed by atoms with Crippen LogP contribution >= 0.6 is 0 Å². The number of hydrogen-bond acceptors (Lipinski definition) is 9. The van der Waals surface area contributed by atoms with Gasteiger partial charge >= 0.3 is 0 Å². The third-order valence-electron chi connectivity index (χ3n) is 7.04. The molecule has 1 N–H and O–H groups in total. The Morgan fingerprint density at radius 2 is 1.62 bits per heavy atom. The molecule has 2 saturated heterocycles. The average Bonchev–Trinajstić information content (AvgIpc) is 3.66. The van der Waals surface area contributed by atoms with Crippen LogP contribution in [-0.2, 0) is 9.59 Å². The van der Waals surface area contributed by atoms with Crippen LogP contribution < -0.4 is 23.7 Å². The fourth-order valence-electron chi connectivity index (χ4n) is 5.17. The molecule has 3 aliphatic heterocycles. The third kappa shape index (κ3) is 4.42. The van der Waals surface area contributed by atoms with Gasteiger partial charge < -0.3 is 38.6 Å². The highest BCUT2D eigenvalue weighted by molar-refractivity contribution is 6.46. The van der Waals surface area contributed by atoms with Crippen LogP contribution in [0.25, 0.3) is 5.76 Å². The Hall–Kier alpha value is -3.92. The van der Waals surface area contributed by atoms with Crippen molar-refractivity contribution >= 4 is 17.4 Å². The lowest BCUT2D eigenvalue weighted by atomic mass is 9.94. The average molecular weight is 511 g/mol. The summed E-state index contributed by atoms with van der Waals surface area (Å²) >= 11 is 0. The Labute approximate surface area is 214 Å². The molecule has 5 rings (SSSR count). The Bertz CT molecular complexity index is 1230. The van der Waals surface area contributed by atoms with E-state index in [9.17, 15) is 14.7 Å². The van der Waals surface area contributed by atoms with E-state index in [0.717, 1.165) is 25.9 Å². The maximum absolute atomic E-state index is 13.4. The number of fused-ring (bicyclic) bond motifs is 1. The fraction of sp³-hybridized carbons (Fsp3) is 0.407. The lowest BCUT2D eigenvalue weighted by Crippen LogP contribution is -2.37. The minimum Gasteiger partial charge on any atom is -0.507 e. The monoisotopic (exact) mass is 510 g/mol. The summed E-state index contributed by atoms with van der Waals surface area (Å²) in [5, 5.41) is 11.4. The van der Waals surface area contributed by atoms with E-state index < -0.39 is 17.7 Å². The zero-order chi connectivity index (χ0) is 26.1. The van der Waals surface area contributed by atoms with Gasteiger partial charge in [0.05, 0.1) is 32.9 Å². The number of ether oxygens (including phenoxy) is 5. The highest BCUT2D eigenvalue weighted by atomic mass is 16.7. The van der Waals surface area contributed by atoms with Gasteiger partial charge in [-0.25, -0.2) is 0 Å². The Balaban J connectivity index is 1.63. The molecule has 10 heteroatoms. The van der Waals surface area contributed by atoms with Crippen molar-refractivity contribution in [1.82, 2.24) is 9.80 Å². The van der Waals surface area contributed by atoms with Crippen molar-refractivity contribution in [3.8, 4) is 28.7 Å². The second kappa shape index (κ2) is 10.2. The van der Waals surface area contributed by atoms with Crippen molar-refractivity contribution < 1.29 is 38.4 Å². The molecule has 0 saturated carbocycles. The fourth-order valence-corrected chi connectivity index (χ4v) is 5.17. The molecule has 37 heavy (non-hydrogen) atoms. The molecule has 1 atom stereocenters. The van der Waals surface area contributed by atoms with E-state index in [2.05, 4.69) is 4.90 Å². The number of nitrogens with zero attached hydrogens (tertiary/aromatic N) is 2. The summed E-state index contributed by atoms with van der Waals surface area (Å²) in [7, 11) is 4.50. The first-order valence-electron chi connectivity index (χ1n) is 12.2. The quantitative estimate of drug-likeness (QED) is 0.326. The molecule has 10 nitrogen and oxygen atoms in total. The van der Waals surface area contributed by atoms with E-state index in [1.807, 2.05) is 0 Å². The maximum atomic E-state index is 13.4. The van der Waals surface area contributed by atoms with Gasteiger partial charge in [-0.3, -0.25) is 9.59 Å². The number of likely N-dealkylation sites (tertiary alicyclic amines) is 2. The Morgan fingerprint density at radius 1 is 0.946 bits per heavy atom. The minimum atomic E-state index is -0.860. The molecule has 0 radical (unpaired) electrons. The SMILES string of the molecule is COc1cc(C2/C(=C(\O)c3ccc4c(c3)OCO4)C(=O)C(=O)N2CCN2CCCC2)cc(OC)c1OC. The molecule has 2 aromatic carbocycles. The number of benzene rings is 2. The van der Waals surface area contributed by atoms with Gasteiger partial charge in [0.2, 0.25) is 12.5 Å². The highest BCUT2D eigenvalue weighted by Gasteiger charge is 2.46. The van der Waals surface area contributed by atoms with Crippen LogP contribution in [0.2, 0.25) is 0 Å². The predicted molar refractivity (Wildman–Crippen MR) is 133 cm³/mol. The van der Waals surface area contributed by atoms with Gasteiger partial charge in [0, 0.05) is 18.7 Å². The molecule has 3 heterocycles. The second-order valence-electron chi connectivity index (χ2n) is 9.07. The topological polar surface area (TPSA) is 107 Å². The standard InChI is InChI=1S/C27H30N2O8/c1-33-20-13-17(14-21(34-2)26(20)35-3)23-22(24(30)16-6-7-18-19(12-16)37-15-36-18)25(31)27(32)29(23)11-10-28-8-4-5-9-28/h6-7,12-14,23,30H,4-5,8-11,15H2,1-3H3/b24-22+. The molecule has 1 amide bonds. The molecule has 2 aromatic rings. The summed E-state index contributed by atoms with van der Waals surface area (Å²) in [4.78, 5) is 30.5. The Morgan fingerprint density at radius 3 is 2.27 bits per heavy atom. The molecule has 3 aliphatic rings. The number of Topliss-reactive ketones (excluding diaryl/α,β-unsaturated/α-hetero) is 1. The zero-order valence-electron chi connectivity index (χ0n) is 21.1. The summed E-state index contributed by atoms with van der Waals surface area (Å²) in [5.41, 5.74) is 0.885. The van der Waals surface area contributed by atoms with Gasteiger partial charge in [-0.2, -0.15) is 0 Å². The third-order valence-corrected chi connectivity index (χ3v) is 7.04. The number of ketones is 1. The molecular formula is C27H30N2O8. The lowest BCUT2D eigenvalue weighted by Gasteiger charge is -2.28. The molecule has 0 aliphatic carbocycles. The van der Waals surface area contributed by atoms with Gasteiger partial charge in [-0.1, -0.05) is 0 Å². The lowest BCUT2D eigenvalue weighted by molar-refractivity contribution is -0.140. The summed E-state index contributed by atoms with van der Waals surface area (Å²) in [6.45, 7) is 2.93. The van der Waals surface area contributed by atoms with Crippen LogP contribution in [0.15, 0.2) is 35.9 Å². The first kappa shape index (κ1) is 24.8. The summed E-state index contributed by atoms with van der Waals surface area (Å²) in [5.74, 6) is 0.434. The van der Waals surface area contributed by atoms with Crippen molar-refractivity contribution in [2.75, 3.05) is 54.3 Å². The normalized spacial score (nSPS) is 20.5. The summed E-state index contributed by atoms with van der Waals surface area (Å²) < 4.78 is 27.3. The first-order valence-corrected chi connectivity index (χ1v) is 12.2. The maximum Gasteiger partial charge on any atom is 0.295 e. The number of carbonyl (C=O) groups excluding carboxylic acids is 2. The summed E-state index contributed by atoms with van der Waals surface area (Å²) in [6.07, 6.45) is 2.22. The Kier molecular flexibility index (Phi) is 6.84. The van der Waals surface area contributed by atoms with Crippen LogP contribution in [0.1, 0.15) is 30.0 Å². The van der Waals surface area contributed by atoms with E-state index in [0.29, 0.717) is 53.0 Å². The molecular weight excluding hydrogens is 480 g/mol. The minimum absolute atomic E-state index is 0.0143. The van der Waals surface area contributed by atoms with Crippen molar-refractivity contribution in [3.05, 3.63) is 47.0 Å². The number of rotatable bonds is 8. The van der Waals surface area contributed by atoms with E-state index in [4.69, 9.17) is 23.7 Å². The molecule has 0 bridgehead atoms. The van der Waals surface area contributed by atoms with E-state index in [1.54, 1.807) is 30.3 Å². The molecule has 1 unspecified atom stereocenters. The summed E-state index contributed by atoms with van der Waals surface area (Å²) in [6, 6.07) is 7.44. The van der Waals surface area contributed by atoms with Crippen molar-refractivity contribution in [2.24, 2.45) is 0 Å². The number of methoxy groups -OCH3 is 3. The van der Waals surface area contributed by atoms with Gasteiger partial charge in [-0.15, -0.1) is 0 Å². The second-order valence-corrected chi connectivity index (χ2v) is 9.07. The first-order chi connectivity index (χ1) is 18.0. The van der Waals surface area contributed by atoms with Gasteiger partial charge in [0.15, 0.2) is 23.0 Å². The van der Waals surface area contributed by atoms with Crippen LogP contribution in [0, 0.1) is 0 Å². The van der Waals surface area contributed by atoms with E-state index in [-0.39, 0.29) is 18.1 Å². The molecule has 0 spiro atoms. The number of aliphatic hydroxyl groups excluding tert-OH is 1. The zero-order valence-corrected chi connectivity index (χ0v) is 21.1. The number of amides is 1. The van der Waals surface area contributed by atoms with E-state index >= 15 is 0 Å². The van der Waals surface area contributed by atoms with Crippen LogP contribution in [0.3, 0.4) is 0 Å². The number of carbonyl (C=O) groups is 2. The largest absolute Gasteiger partial charge is 0.507 e. The van der Waals surface area contributed by atoms with Gasteiger partial charge in [0.1, 0.15) is 5.76 Å². The molecule has 0 aromatic heterocycles. The van der Waals surface area contributed by atoms with Gasteiger partial charge in [0.25, 0.3) is 11.7 Å². The predicted octanol–water partition coefficient (Wildman–Crippen LogP) is 2.96. The molecule has 2 fully saturated rings. The van der Waals surface area contributed by atoms with E-state index in [1.165, 1.54) is 26.2 Å². The van der Waals surface area contributed by atoms with Crippen molar-refractivity contribution in [1.29, 1.82) is 0 Å². The van der Waals surface area contributed by atoms with Crippen LogP contribution in [-0.4, -0.2) is 80.9 Å².